The summed E-state index contributed by atoms with van der Waals surface area (Å²) < 4.78 is 7.29. The zero-order valence-electron chi connectivity index (χ0n) is 14.5. The average Bonchev–Trinajstić information content (AvgIpc) is 3.33. The first kappa shape index (κ1) is 15.8. The fraction of sp³-hybridized carbons (Fsp3) is 0.444. The zero-order valence-corrected chi connectivity index (χ0v) is 14.5. The van der Waals surface area contributed by atoms with E-state index >= 15 is 0 Å². The highest BCUT2D eigenvalue weighted by Crippen LogP contribution is 2.26. The van der Waals surface area contributed by atoms with Crippen LogP contribution in [0, 0.1) is 6.92 Å². The van der Waals surface area contributed by atoms with Gasteiger partial charge in [0.2, 0.25) is 11.8 Å². The highest BCUT2D eigenvalue weighted by molar-refractivity contribution is 5.81. The summed E-state index contributed by atoms with van der Waals surface area (Å²) in [5.41, 5.74) is 1.95. The van der Waals surface area contributed by atoms with E-state index in [1.165, 1.54) is 0 Å². The maximum Gasteiger partial charge on any atom is 0.242 e. The molecule has 1 aliphatic rings. The minimum Gasteiger partial charge on any atom is -0.340 e. The molecule has 7 nitrogen and oxygen atoms in total. The highest BCUT2D eigenvalue weighted by Gasteiger charge is 2.31. The number of fused-ring (bicyclic) bond motifs is 1. The number of carbonyl (C=O) groups is 1. The summed E-state index contributed by atoms with van der Waals surface area (Å²) in [5.74, 6) is 2.46. The van der Waals surface area contributed by atoms with Crippen LogP contribution in [0.1, 0.15) is 36.8 Å². The molecule has 1 amide bonds. The Kier molecular flexibility index (Phi) is 3.99. The minimum atomic E-state index is 0.108. The Morgan fingerprint density at radius 2 is 2.16 bits per heavy atom. The van der Waals surface area contributed by atoms with Crippen molar-refractivity contribution in [3.05, 3.63) is 41.8 Å². The van der Waals surface area contributed by atoms with E-state index in [1.54, 1.807) is 6.92 Å². The molecule has 0 N–H and O–H groups in total. The van der Waals surface area contributed by atoms with E-state index in [9.17, 15) is 4.79 Å². The first-order chi connectivity index (χ1) is 12.2. The lowest BCUT2D eigenvalue weighted by Crippen LogP contribution is -2.32. The van der Waals surface area contributed by atoms with Gasteiger partial charge in [0.25, 0.3) is 0 Å². The van der Waals surface area contributed by atoms with Crippen LogP contribution in [0.5, 0.6) is 0 Å². The number of hydrogen-bond donors (Lipinski definition) is 0. The third-order valence-electron chi connectivity index (χ3n) is 4.78. The standard InChI is InChI=1S/C18H21N5O2/c1-3-16-20-14-6-4-5-7-15(14)23(16)11-17(24)22-9-8-13(10-22)18-19-12(2)21-25-18/h4-7,13H,3,8-11H2,1-2H3/t13-/m0/s1. The summed E-state index contributed by atoms with van der Waals surface area (Å²) in [7, 11) is 0. The Bertz CT molecular complexity index is 913. The number of aryl methyl sites for hydroxylation is 2. The topological polar surface area (TPSA) is 77.1 Å². The molecule has 1 saturated heterocycles. The predicted molar refractivity (Wildman–Crippen MR) is 92.1 cm³/mol. The predicted octanol–water partition coefficient (Wildman–Crippen LogP) is 2.31. The minimum absolute atomic E-state index is 0.108. The number of nitrogens with zero attached hydrogens (tertiary/aromatic N) is 5. The lowest BCUT2D eigenvalue weighted by Gasteiger charge is -2.17. The normalized spacial score (nSPS) is 17.5. The van der Waals surface area contributed by atoms with E-state index in [0.29, 0.717) is 24.8 Å². The molecule has 1 fully saturated rings. The second-order valence-corrected chi connectivity index (χ2v) is 6.46. The number of likely N-dealkylation sites (tertiary alicyclic amines) is 1. The molecule has 1 atom stereocenters. The second kappa shape index (κ2) is 6.31. The first-order valence-electron chi connectivity index (χ1n) is 8.68. The van der Waals surface area contributed by atoms with Gasteiger partial charge in [-0.05, 0) is 25.5 Å². The van der Waals surface area contributed by atoms with Gasteiger partial charge in [-0.15, -0.1) is 0 Å². The quantitative estimate of drug-likeness (QED) is 0.729. The number of benzene rings is 1. The van der Waals surface area contributed by atoms with Gasteiger partial charge in [0.05, 0.1) is 17.0 Å². The van der Waals surface area contributed by atoms with Crippen LogP contribution in [0.15, 0.2) is 28.8 Å². The summed E-state index contributed by atoms with van der Waals surface area (Å²) in [6, 6.07) is 7.95. The average molecular weight is 339 g/mol. The largest absolute Gasteiger partial charge is 0.340 e. The Morgan fingerprint density at radius 1 is 1.32 bits per heavy atom. The molecule has 3 heterocycles. The van der Waals surface area contributed by atoms with Crippen LogP contribution in [-0.2, 0) is 17.8 Å². The molecule has 3 aromatic rings. The Hall–Kier alpha value is -2.70. The van der Waals surface area contributed by atoms with Crippen molar-refractivity contribution in [3.63, 3.8) is 0 Å². The number of hydrogen-bond acceptors (Lipinski definition) is 5. The van der Waals surface area contributed by atoms with E-state index < -0.39 is 0 Å². The molecule has 0 bridgehead atoms. The van der Waals surface area contributed by atoms with Crippen molar-refractivity contribution in [1.82, 2.24) is 24.6 Å². The molecule has 0 unspecified atom stereocenters. The van der Waals surface area contributed by atoms with E-state index in [0.717, 1.165) is 36.2 Å². The molecule has 0 saturated carbocycles. The van der Waals surface area contributed by atoms with Crippen molar-refractivity contribution >= 4 is 16.9 Å². The number of amides is 1. The third kappa shape index (κ3) is 2.90. The van der Waals surface area contributed by atoms with Crippen molar-refractivity contribution in [1.29, 1.82) is 0 Å². The van der Waals surface area contributed by atoms with Crippen molar-refractivity contribution in [2.24, 2.45) is 0 Å². The first-order valence-corrected chi connectivity index (χ1v) is 8.68. The third-order valence-corrected chi connectivity index (χ3v) is 4.78. The molecule has 0 aliphatic carbocycles. The smallest absolute Gasteiger partial charge is 0.242 e. The SMILES string of the molecule is CCc1nc2ccccc2n1CC(=O)N1CC[C@H](c2nc(C)no2)C1. The molecule has 4 rings (SSSR count). The van der Waals surface area contributed by atoms with E-state index in [1.807, 2.05) is 33.7 Å². The van der Waals surface area contributed by atoms with Gasteiger partial charge in [0.15, 0.2) is 5.82 Å². The molecule has 0 radical (unpaired) electrons. The zero-order chi connectivity index (χ0) is 17.4. The Labute approximate surface area is 145 Å². The fourth-order valence-corrected chi connectivity index (χ4v) is 3.47. The fourth-order valence-electron chi connectivity index (χ4n) is 3.47. The van der Waals surface area contributed by atoms with Crippen molar-refractivity contribution in [3.8, 4) is 0 Å². The summed E-state index contributed by atoms with van der Waals surface area (Å²) in [5, 5.41) is 3.85. The summed E-state index contributed by atoms with van der Waals surface area (Å²) in [6.45, 7) is 5.54. The van der Waals surface area contributed by atoms with E-state index in [-0.39, 0.29) is 11.8 Å². The van der Waals surface area contributed by atoms with Gasteiger partial charge in [0.1, 0.15) is 12.4 Å². The van der Waals surface area contributed by atoms with Crippen molar-refractivity contribution < 1.29 is 9.32 Å². The molecule has 0 spiro atoms. The molecular weight excluding hydrogens is 318 g/mol. The van der Waals surface area contributed by atoms with Gasteiger partial charge in [-0.25, -0.2) is 4.98 Å². The van der Waals surface area contributed by atoms with Crippen LogP contribution in [0.2, 0.25) is 0 Å². The highest BCUT2D eigenvalue weighted by atomic mass is 16.5. The number of imidazole rings is 1. The van der Waals surface area contributed by atoms with Gasteiger partial charge in [-0.1, -0.05) is 24.2 Å². The molecular formula is C18H21N5O2. The van der Waals surface area contributed by atoms with Crippen LogP contribution < -0.4 is 0 Å². The lowest BCUT2D eigenvalue weighted by molar-refractivity contribution is -0.130. The molecule has 130 valence electrons. The van der Waals surface area contributed by atoms with Crippen LogP contribution in [-0.4, -0.2) is 43.6 Å². The maximum absolute atomic E-state index is 12.8. The summed E-state index contributed by atoms with van der Waals surface area (Å²) in [4.78, 5) is 23.6. The van der Waals surface area contributed by atoms with Crippen LogP contribution >= 0.6 is 0 Å². The number of para-hydroxylation sites is 2. The molecule has 2 aromatic heterocycles. The van der Waals surface area contributed by atoms with Crippen LogP contribution in [0.25, 0.3) is 11.0 Å². The molecule has 1 aliphatic heterocycles. The van der Waals surface area contributed by atoms with Gasteiger partial charge < -0.3 is 14.0 Å². The maximum atomic E-state index is 12.8. The number of carbonyl (C=O) groups excluding carboxylic acids is 1. The summed E-state index contributed by atoms with van der Waals surface area (Å²) in [6.07, 6.45) is 1.66. The second-order valence-electron chi connectivity index (χ2n) is 6.46. The molecule has 1 aromatic carbocycles. The van der Waals surface area contributed by atoms with Crippen molar-refractivity contribution in [2.75, 3.05) is 13.1 Å². The van der Waals surface area contributed by atoms with Gasteiger partial charge in [0, 0.05) is 19.5 Å². The van der Waals surface area contributed by atoms with E-state index in [4.69, 9.17) is 4.52 Å². The Balaban J connectivity index is 1.51. The van der Waals surface area contributed by atoms with Gasteiger partial charge in [-0.2, -0.15) is 4.98 Å². The summed E-state index contributed by atoms with van der Waals surface area (Å²) >= 11 is 0. The van der Waals surface area contributed by atoms with Crippen LogP contribution in [0.3, 0.4) is 0 Å². The van der Waals surface area contributed by atoms with Crippen LogP contribution in [0.4, 0.5) is 0 Å². The molecule has 25 heavy (non-hydrogen) atoms. The number of rotatable bonds is 4. The van der Waals surface area contributed by atoms with Crippen molar-refractivity contribution in [2.45, 2.75) is 39.2 Å². The number of aromatic nitrogens is 4. The van der Waals surface area contributed by atoms with Gasteiger partial charge >= 0.3 is 0 Å². The monoisotopic (exact) mass is 339 g/mol. The van der Waals surface area contributed by atoms with Gasteiger partial charge in [-0.3, -0.25) is 4.79 Å². The van der Waals surface area contributed by atoms with E-state index in [2.05, 4.69) is 22.0 Å². The lowest BCUT2D eigenvalue weighted by atomic mass is 10.1. The Morgan fingerprint density at radius 3 is 2.92 bits per heavy atom. The molecule has 7 heteroatoms.